The molecule has 4 amide bonds. The van der Waals surface area contributed by atoms with Gasteiger partial charge in [-0.2, -0.15) is 17.7 Å². The van der Waals surface area contributed by atoms with E-state index < -0.39 is 23.9 Å². The number of benzene rings is 2. The molecular weight excluding hydrogens is 709 g/mol. The number of amides is 4. The average Bonchev–Trinajstić information content (AvgIpc) is 3.75. The van der Waals surface area contributed by atoms with Gasteiger partial charge >= 0.3 is 6.18 Å². The molecule has 17 heteroatoms. The minimum Gasteiger partial charge on any atom is -0.494 e. The van der Waals surface area contributed by atoms with Gasteiger partial charge in [0.25, 0.3) is 11.7 Å². The molecule has 0 bridgehead atoms. The van der Waals surface area contributed by atoms with Gasteiger partial charge in [0, 0.05) is 43.1 Å². The van der Waals surface area contributed by atoms with E-state index in [9.17, 15) is 32.3 Å². The fraction of sp³-hybridized carbons (Fsp3) is 0.432. The van der Waals surface area contributed by atoms with Crippen LogP contribution in [0.2, 0.25) is 0 Å². The van der Waals surface area contributed by atoms with Crippen molar-refractivity contribution in [1.29, 1.82) is 0 Å². The van der Waals surface area contributed by atoms with Gasteiger partial charge < -0.3 is 24.6 Å². The molecule has 4 heterocycles. The summed E-state index contributed by atoms with van der Waals surface area (Å²) in [5.74, 6) is -0.899. The van der Waals surface area contributed by atoms with Crippen LogP contribution in [0.15, 0.2) is 54.6 Å². The summed E-state index contributed by atoms with van der Waals surface area (Å²) in [7, 11) is 0. The van der Waals surface area contributed by atoms with E-state index in [4.69, 9.17) is 9.47 Å². The van der Waals surface area contributed by atoms with E-state index >= 15 is 0 Å². The van der Waals surface area contributed by atoms with Crippen molar-refractivity contribution in [3.8, 4) is 5.75 Å². The number of alkyl halides is 3. The van der Waals surface area contributed by atoms with E-state index in [1.165, 1.54) is 16.5 Å². The smallest absolute Gasteiger partial charge is 0.453 e. The predicted molar refractivity (Wildman–Crippen MR) is 190 cm³/mol. The van der Waals surface area contributed by atoms with Gasteiger partial charge in [0.1, 0.15) is 24.2 Å². The van der Waals surface area contributed by atoms with Gasteiger partial charge in [-0.25, -0.2) is 0 Å². The van der Waals surface area contributed by atoms with Crippen molar-refractivity contribution >= 4 is 41.3 Å². The Morgan fingerprint density at radius 2 is 1.78 bits per heavy atom. The van der Waals surface area contributed by atoms with Gasteiger partial charge in [-0.15, -0.1) is 15.3 Å². The lowest BCUT2D eigenvalue weighted by atomic mass is 9.89. The van der Waals surface area contributed by atoms with Crippen LogP contribution in [0.4, 0.5) is 24.7 Å². The summed E-state index contributed by atoms with van der Waals surface area (Å²) in [6.45, 7) is 3.96. The van der Waals surface area contributed by atoms with Crippen LogP contribution < -0.4 is 20.3 Å². The third-order valence-corrected chi connectivity index (χ3v) is 9.57. The van der Waals surface area contributed by atoms with Gasteiger partial charge in [0.15, 0.2) is 5.65 Å². The number of aromatic nitrogens is 4. The lowest BCUT2D eigenvalue weighted by molar-refractivity contribution is -0.146. The molecule has 286 valence electrons. The number of piperidine rings is 1. The summed E-state index contributed by atoms with van der Waals surface area (Å²) in [4.78, 5) is 52.5. The van der Waals surface area contributed by atoms with Gasteiger partial charge in [0.05, 0.1) is 6.61 Å². The summed E-state index contributed by atoms with van der Waals surface area (Å²) < 4.78 is 52.1. The number of rotatable bonds is 16. The third kappa shape index (κ3) is 8.78. The standard InChI is InChI=1S/C37H41F3N8O6/c1-2-6-30(34(51)41-23-49)47-21-28-27(35(47)52)7-5-8-29(28)42-33(50)22-53-19-3-4-20-54-26-11-9-24(10-12-26)25-15-17-46(18-16-25)32-14-13-31-43-44-36(37(38,39)40)48(31)45-32/h5,7-14,23,25,30H,2-4,6,15-22H2,1H3,(H,42,50)(H,41,49,51). The number of carbonyl (C=O) groups excluding carboxylic acids is 4. The molecule has 0 aliphatic carbocycles. The Bertz CT molecular complexity index is 1960. The van der Waals surface area contributed by atoms with E-state index in [2.05, 4.69) is 25.9 Å². The van der Waals surface area contributed by atoms with Crippen molar-refractivity contribution in [2.75, 3.05) is 43.1 Å². The number of unbranched alkanes of at least 4 members (excludes halogenated alkanes) is 1. The monoisotopic (exact) mass is 750 g/mol. The van der Waals surface area contributed by atoms with Gasteiger partial charge in [-0.05, 0) is 80.0 Å². The van der Waals surface area contributed by atoms with Gasteiger partial charge in [-0.1, -0.05) is 31.5 Å². The first-order valence-corrected chi connectivity index (χ1v) is 17.9. The van der Waals surface area contributed by atoms with Crippen molar-refractivity contribution in [3.05, 3.63) is 77.1 Å². The summed E-state index contributed by atoms with van der Waals surface area (Å²) in [6, 6.07) is 15.3. The number of hydrogen-bond donors (Lipinski definition) is 2. The fourth-order valence-corrected chi connectivity index (χ4v) is 6.83. The molecule has 2 N–H and O–H groups in total. The second kappa shape index (κ2) is 17.0. The summed E-state index contributed by atoms with van der Waals surface area (Å²) >= 11 is 0. The molecule has 6 rings (SSSR count). The second-order valence-corrected chi connectivity index (χ2v) is 13.2. The maximum atomic E-state index is 13.3. The summed E-state index contributed by atoms with van der Waals surface area (Å²) in [6.07, 6.45) is -0.293. The number of imide groups is 1. The van der Waals surface area contributed by atoms with Gasteiger partial charge in [-0.3, -0.25) is 24.5 Å². The van der Waals surface area contributed by atoms with Crippen LogP contribution >= 0.6 is 0 Å². The molecule has 0 radical (unpaired) electrons. The van der Waals surface area contributed by atoms with E-state index in [0.717, 1.165) is 23.1 Å². The zero-order chi connectivity index (χ0) is 38.2. The Balaban J connectivity index is 0.884. The van der Waals surface area contributed by atoms with Crippen molar-refractivity contribution in [2.24, 2.45) is 0 Å². The largest absolute Gasteiger partial charge is 0.494 e. The Hall–Kier alpha value is -5.58. The van der Waals surface area contributed by atoms with Crippen LogP contribution in [0.5, 0.6) is 5.75 Å². The first kappa shape index (κ1) is 38.2. The molecule has 0 spiro atoms. The minimum atomic E-state index is -4.65. The van der Waals surface area contributed by atoms with Crippen molar-refractivity contribution in [3.63, 3.8) is 0 Å². The van der Waals surface area contributed by atoms with Crippen molar-refractivity contribution in [1.82, 2.24) is 30.0 Å². The van der Waals surface area contributed by atoms with Crippen LogP contribution in [0, 0.1) is 0 Å². The maximum Gasteiger partial charge on any atom is 0.453 e. The predicted octanol–water partition coefficient (Wildman–Crippen LogP) is 4.74. The molecule has 2 aromatic carbocycles. The van der Waals surface area contributed by atoms with Crippen LogP contribution in [-0.4, -0.2) is 87.8 Å². The summed E-state index contributed by atoms with van der Waals surface area (Å²) in [5.41, 5.74) is 2.69. The fourth-order valence-electron chi connectivity index (χ4n) is 6.83. The number of anilines is 2. The molecule has 2 aliphatic heterocycles. The van der Waals surface area contributed by atoms with Crippen molar-refractivity contribution < 1.29 is 41.8 Å². The van der Waals surface area contributed by atoms with Crippen LogP contribution in [0.1, 0.15) is 78.7 Å². The lowest BCUT2D eigenvalue weighted by Crippen LogP contribution is -2.46. The number of carbonyl (C=O) groups is 4. The first-order valence-electron chi connectivity index (χ1n) is 17.9. The quantitative estimate of drug-likeness (QED) is 0.121. The molecule has 4 aromatic rings. The maximum absolute atomic E-state index is 13.3. The molecule has 2 aliphatic rings. The Morgan fingerprint density at radius 3 is 2.50 bits per heavy atom. The van der Waals surface area contributed by atoms with E-state index in [-0.39, 0.29) is 30.6 Å². The number of nitrogens with zero attached hydrogens (tertiary/aromatic N) is 6. The lowest BCUT2D eigenvalue weighted by Gasteiger charge is -2.33. The average molecular weight is 751 g/mol. The van der Waals surface area contributed by atoms with Crippen LogP contribution in [-0.2, 0) is 31.8 Å². The Labute approximate surface area is 309 Å². The van der Waals surface area contributed by atoms with Crippen LogP contribution in [0.3, 0.4) is 0 Å². The molecule has 0 saturated carbocycles. The number of ether oxygens (including phenoxy) is 2. The molecule has 2 aromatic heterocycles. The molecule has 1 unspecified atom stereocenters. The van der Waals surface area contributed by atoms with E-state index in [1.54, 1.807) is 24.3 Å². The molecule has 1 saturated heterocycles. The summed E-state index contributed by atoms with van der Waals surface area (Å²) in [5, 5.41) is 15.9. The number of halogens is 3. The zero-order valence-electron chi connectivity index (χ0n) is 29.7. The zero-order valence-corrected chi connectivity index (χ0v) is 29.7. The minimum absolute atomic E-state index is 0.0444. The first-order chi connectivity index (χ1) is 26.1. The van der Waals surface area contributed by atoms with E-state index in [0.29, 0.717) is 86.9 Å². The third-order valence-electron chi connectivity index (χ3n) is 9.57. The number of hydrogen-bond acceptors (Lipinski definition) is 10. The normalized spacial score (nSPS) is 15.3. The van der Waals surface area contributed by atoms with Gasteiger partial charge in [0.2, 0.25) is 18.2 Å². The molecule has 54 heavy (non-hydrogen) atoms. The van der Waals surface area contributed by atoms with E-state index in [1.807, 2.05) is 36.1 Å². The molecule has 1 atom stereocenters. The highest BCUT2D eigenvalue weighted by molar-refractivity contribution is 6.04. The molecule has 1 fully saturated rings. The Morgan fingerprint density at radius 1 is 1.02 bits per heavy atom. The molecule has 14 nitrogen and oxygen atoms in total. The highest BCUT2D eigenvalue weighted by Gasteiger charge is 2.39. The Kier molecular flexibility index (Phi) is 12.0. The van der Waals surface area contributed by atoms with Crippen LogP contribution in [0.25, 0.3) is 5.65 Å². The highest BCUT2D eigenvalue weighted by atomic mass is 19.4. The second-order valence-electron chi connectivity index (χ2n) is 13.2. The topological polar surface area (TPSA) is 160 Å². The highest BCUT2D eigenvalue weighted by Crippen LogP contribution is 2.33. The molecular formula is C37H41F3N8O6. The number of fused-ring (bicyclic) bond motifs is 2. The van der Waals surface area contributed by atoms with Crippen molar-refractivity contribution in [2.45, 2.75) is 70.1 Å². The number of nitrogens with one attached hydrogen (secondary N) is 2. The SMILES string of the molecule is CCCC(C(=O)NC=O)N1Cc2c(NC(=O)COCCCCOc3ccc(C4CCN(c5ccc6nnc(C(F)(F)F)n6n5)CC4)cc3)cccc2C1=O.